The fourth-order valence-electron chi connectivity index (χ4n) is 2.38. The molecule has 6 heteroatoms. The molecule has 3 nitrogen and oxygen atoms in total. The number of benzene rings is 1. The Balaban J connectivity index is 2.36. The van der Waals surface area contributed by atoms with E-state index >= 15 is 0 Å². The summed E-state index contributed by atoms with van der Waals surface area (Å²) in [5, 5.41) is 7.47. The van der Waals surface area contributed by atoms with Crippen LogP contribution in [0, 0.1) is 11.6 Å². The van der Waals surface area contributed by atoms with Crippen molar-refractivity contribution in [2.75, 3.05) is 7.05 Å². The molecule has 21 heavy (non-hydrogen) atoms. The van der Waals surface area contributed by atoms with Gasteiger partial charge in [-0.25, -0.2) is 8.78 Å². The Morgan fingerprint density at radius 1 is 1.38 bits per heavy atom. The van der Waals surface area contributed by atoms with Gasteiger partial charge >= 0.3 is 0 Å². The Hall–Kier alpha value is -1.27. The number of halogens is 3. The number of aryl methyl sites for hydroxylation is 2. The van der Waals surface area contributed by atoms with Gasteiger partial charge in [0.2, 0.25) is 0 Å². The summed E-state index contributed by atoms with van der Waals surface area (Å²) in [5.41, 5.74) is 2.24. The van der Waals surface area contributed by atoms with Crippen LogP contribution in [0.2, 0.25) is 0 Å². The minimum Gasteiger partial charge on any atom is -0.313 e. The first-order chi connectivity index (χ1) is 9.97. The number of nitrogens with zero attached hydrogens (tertiary/aromatic N) is 2. The average molecular weight is 358 g/mol. The van der Waals surface area contributed by atoms with Crippen LogP contribution in [0.25, 0.3) is 0 Å². The summed E-state index contributed by atoms with van der Waals surface area (Å²) < 4.78 is 30.0. The highest BCUT2D eigenvalue weighted by Gasteiger charge is 2.20. The standard InChI is InChI=1S/C15H18BrF2N3/c1-4-12-15(16)14(21(3)20-12)8-13(19-2)10-7-9(17)5-6-11(10)18/h5-7,13,19H,4,8H2,1-3H3. The van der Waals surface area contributed by atoms with Crippen LogP contribution in [0.15, 0.2) is 22.7 Å². The molecule has 1 heterocycles. The van der Waals surface area contributed by atoms with Gasteiger partial charge in [-0.05, 0) is 47.6 Å². The van der Waals surface area contributed by atoms with Crippen LogP contribution in [0.1, 0.15) is 29.9 Å². The van der Waals surface area contributed by atoms with Crippen LogP contribution >= 0.6 is 15.9 Å². The second-order valence-electron chi connectivity index (χ2n) is 4.90. The molecular weight excluding hydrogens is 340 g/mol. The van der Waals surface area contributed by atoms with Gasteiger partial charge in [0, 0.05) is 25.1 Å². The monoisotopic (exact) mass is 357 g/mol. The van der Waals surface area contributed by atoms with Crippen molar-refractivity contribution in [1.29, 1.82) is 0 Å². The van der Waals surface area contributed by atoms with Gasteiger partial charge in [-0.15, -0.1) is 0 Å². The van der Waals surface area contributed by atoms with Gasteiger partial charge in [-0.3, -0.25) is 4.68 Å². The molecule has 1 N–H and O–H groups in total. The molecule has 0 aliphatic heterocycles. The molecule has 2 aromatic rings. The van der Waals surface area contributed by atoms with E-state index in [1.54, 1.807) is 11.7 Å². The van der Waals surface area contributed by atoms with E-state index < -0.39 is 11.6 Å². The van der Waals surface area contributed by atoms with Crippen LogP contribution in [0.5, 0.6) is 0 Å². The van der Waals surface area contributed by atoms with Gasteiger partial charge < -0.3 is 5.32 Å². The molecule has 0 bridgehead atoms. The lowest BCUT2D eigenvalue weighted by molar-refractivity contribution is 0.510. The van der Waals surface area contributed by atoms with E-state index in [9.17, 15) is 8.78 Å². The van der Waals surface area contributed by atoms with Crippen LogP contribution in [0.3, 0.4) is 0 Å². The zero-order chi connectivity index (χ0) is 15.6. The van der Waals surface area contributed by atoms with E-state index in [-0.39, 0.29) is 6.04 Å². The minimum atomic E-state index is -0.440. The summed E-state index contributed by atoms with van der Waals surface area (Å²) in [5.74, 6) is -0.852. The lowest BCUT2D eigenvalue weighted by Gasteiger charge is -2.18. The Morgan fingerprint density at radius 2 is 2.10 bits per heavy atom. The second kappa shape index (κ2) is 6.66. The van der Waals surface area contributed by atoms with Crippen molar-refractivity contribution in [2.24, 2.45) is 7.05 Å². The molecule has 2 rings (SSSR count). The number of hydrogen-bond acceptors (Lipinski definition) is 2. The number of likely N-dealkylation sites (N-methyl/N-ethyl adjacent to an activating group) is 1. The summed E-state index contributed by atoms with van der Waals surface area (Å²) in [6, 6.07) is 3.20. The van der Waals surface area contributed by atoms with Crippen molar-refractivity contribution in [1.82, 2.24) is 15.1 Å². The molecular formula is C15H18BrF2N3. The van der Waals surface area contributed by atoms with E-state index in [2.05, 4.69) is 26.3 Å². The Morgan fingerprint density at radius 3 is 2.67 bits per heavy atom. The highest BCUT2D eigenvalue weighted by Crippen LogP contribution is 2.28. The maximum Gasteiger partial charge on any atom is 0.128 e. The molecule has 1 unspecified atom stereocenters. The predicted octanol–water partition coefficient (Wildman–Crippen LogP) is 3.53. The van der Waals surface area contributed by atoms with Crippen LogP contribution in [-0.2, 0) is 19.9 Å². The van der Waals surface area contributed by atoms with E-state index in [0.717, 1.165) is 34.4 Å². The third-order valence-electron chi connectivity index (χ3n) is 3.58. The molecule has 0 saturated carbocycles. The first kappa shape index (κ1) is 16.1. The van der Waals surface area contributed by atoms with E-state index in [4.69, 9.17) is 0 Å². The predicted molar refractivity (Wildman–Crippen MR) is 82.1 cm³/mol. The van der Waals surface area contributed by atoms with Crippen molar-refractivity contribution in [3.63, 3.8) is 0 Å². The molecule has 1 aromatic carbocycles. The molecule has 0 aliphatic rings. The van der Waals surface area contributed by atoms with E-state index in [0.29, 0.717) is 12.0 Å². The molecule has 1 aromatic heterocycles. The fourth-order valence-corrected chi connectivity index (χ4v) is 3.16. The van der Waals surface area contributed by atoms with Gasteiger partial charge in [0.15, 0.2) is 0 Å². The fraction of sp³-hybridized carbons (Fsp3) is 0.400. The maximum absolute atomic E-state index is 13.9. The molecule has 0 amide bonds. The molecule has 0 spiro atoms. The Labute approximate surface area is 131 Å². The summed E-state index contributed by atoms with van der Waals surface area (Å²) in [6.07, 6.45) is 1.33. The van der Waals surface area contributed by atoms with E-state index in [1.807, 2.05) is 14.0 Å². The lowest BCUT2D eigenvalue weighted by atomic mass is 10.0. The molecule has 0 radical (unpaired) electrons. The summed E-state index contributed by atoms with van der Waals surface area (Å²) in [7, 11) is 3.59. The van der Waals surface area contributed by atoms with Crippen molar-refractivity contribution in [3.05, 3.63) is 51.3 Å². The molecule has 1 atom stereocenters. The molecule has 114 valence electrons. The van der Waals surface area contributed by atoms with Crippen molar-refractivity contribution >= 4 is 15.9 Å². The van der Waals surface area contributed by atoms with Gasteiger partial charge in [0.05, 0.1) is 15.9 Å². The number of nitrogens with one attached hydrogen (secondary N) is 1. The quantitative estimate of drug-likeness (QED) is 0.886. The third-order valence-corrected chi connectivity index (χ3v) is 4.50. The highest BCUT2D eigenvalue weighted by molar-refractivity contribution is 9.10. The first-order valence-electron chi connectivity index (χ1n) is 6.80. The van der Waals surface area contributed by atoms with Crippen LogP contribution < -0.4 is 5.32 Å². The minimum absolute atomic E-state index is 0.322. The highest BCUT2D eigenvalue weighted by atomic mass is 79.9. The molecule has 0 aliphatic carbocycles. The summed E-state index contributed by atoms with van der Waals surface area (Å²) >= 11 is 3.55. The number of hydrogen-bond donors (Lipinski definition) is 1. The second-order valence-corrected chi connectivity index (χ2v) is 5.69. The normalized spacial score (nSPS) is 12.7. The van der Waals surface area contributed by atoms with Crippen LogP contribution in [0.4, 0.5) is 8.78 Å². The zero-order valence-corrected chi connectivity index (χ0v) is 13.8. The maximum atomic E-state index is 13.9. The summed E-state index contributed by atoms with van der Waals surface area (Å²) in [4.78, 5) is 0. The number of aromatic nitrogens is 2. The Kier molecular flexibility index (Phi) is 5.11. The van der Waals surface area contributed by atoms with Gasteiger partial charge in [-0.2, -0.15) is 5.10 Å². The van der Waals surface area contributed by atoms with Gasteiger partial charge in [-0.1, -0.05) is 6.92 Å². The average Bonchev–Trinajstić information content (AvgIpc) is 2.74. The van der Waals surface area contributed by atoms with Crippen molar-refractivity contribution in [3.8, 4) is 0 Å². The topological polar surface area (TPSA) is 29.9 Å². The van der Waals surface area contributed by atoms with Crippen LogP contribution in [-0.4, -0.2) is 16.8 Å². The van der Waals surface area contributed by atoms with Gasteiger partial charge in [0.1, 0.15) is 11.6 Å². The molecule has 0 saturated heterocycles. The smallest absolute Gasteiger partial charge is 0.128 e. The van der Waals surface area contributed by atoms with Crippen molar-refractivity contribution in [2.45, 2.75) is 25.8 Å². The number of rotatable bonds is 5. The molecule has 0 fully saturated rings. The third kappa shape index (κ3) is 3.32. The zero-order valence-electron chi connectivity index (χ0n) is 12.3. The van der Waals surface area contributed by atoms with Crippen molar-refractivity contribution < 1.29 is 8.78 Å². The lowest BCUT2D eigenvalue weighted by Crippen LogP contribution is -2.21. The Bertz CT molecular complexity index is 640. The summed E-state index contributed by atoms with van der Waals surface area (Å²) in [6.45, 7) is 2.03. The first-order valence-corrected chi connectivity index (χ1v) is 7.59. The van der Waals surface area contributed by atoms with Gasteiger partial charge in [0.25, 0.3) is 0 Å². The van der Waals surface area contributed by atoms with E-state index in [1.165, 1.54) is 6.07 Å². The SMILES string of the molecule is CCc1nn(C)c(CC(NC)c2cc(F)ccc2F)c1Br. The largest absolute Gasteiger partial charge is 0.313 e.